The maximum Gasteiger partial charge on any atom is 0.407 e. The van der Waals surface area contributed by atoms with E-state index in [1.807, 2.05) is 75.5 Å². The van der Waals surface area contributed by atoms with E-state index in [0.29, 0.717) is 60.8 Å². The molecule has 66 heavy (non-hydrogen) atoms. The molecule has 1 aliphatic rings. The highest BCUT2D eigenvalue weighted by molar-refractivity contribution is 6.78. The maximum atomic E-state index is 15.0. The van der Waals surface area contributed by atoms with Gasteiger partial charge in [0.1, 0.15) is 23.4 Å². The third kappa shape index (κ3) is 14.9. The van der Waals surface area contributed by atoms with Crippen molar-refractivity contribution < 1.29 is 37.9 Å². The molecule has 3 aromatic rings. The molecule has 4 N–H and O–H groups in total. The summed E-state index contributed by atoms with van der Waals surface area (Å²) in [5.41, 5.74) is 3.87. The van der Waals surface area contributed by atoms with E-state index < -0.39 is 67.9 Å². The van der Waals surface area contributed by atoms with Crippen molar-refractivity contribution in [1.82, 2.24) is 25.8 Å². The number of unbranched alkanes of at least 4 members (excludes halogenated alkanes) is 1. The Bertz CT molecular complexity index is 2100. The van der Waals surface area contributed by atoms with Crippen LogP contribution in [0.1, 0.15) is 145 Å². The fourth-order valence-electron chi connectivity index (χ4n) is 9.43. The van der Waals surface area contributed by atoms with E-state index in [2.05, 4.69) is 68.6 Å². The number of cyclic esters (lactones) is 1. The van der Waals surface area contributed by atoms with Gasteiger partial charge < -0.3 is 39.7 Å². The van der Waals surface area contributed by atoms with Gasteiger partial charge in [-0.1, -0.05) is 90.4 Å². The van der Waals surface area contributed by atoms with Gasteiger partial charge in [0.05, 0.1) is 18.6 Å². The summed E-state index contributed by atoms with van der Waals surface area (Å²) in [5.74, 6) is -1.34. The third-order valence-corrected chi connectivity index (χ3v) is 18.9. The number of likely N-dealkylation sites (N-methyl/N-ethyl adjacent to an activating group) is 1. The van der Waals surface area contributed by atoms with Crippen molar-refractivity contribution in [3.8, 4) is 5.75 Å². The minimum absolute atomic E-state index is 0.140. The Balaban J connectivity index is 1.74. The monoisotopic (exact) mass is 930 g/mol. The molecule has 4 amide bonds. The first-order valence-corrected chi connectivity index (χ1v) is 26.2. The van der Waals surface area contributed by atoms with Gasteiger partial charge in [0, 0.05) is 43.0 Å². The molecular weight excluding hydrogens is 851 g/mol. The first-order chi connectivity index (χ1) is 31.0. The Morgan fingerprint density at radius 3 is 2.18 bits per heavy atom. The fraction of sp³-hybridized carbons (Fsp3) is 0.596. The number of benzene rings is 2. The second-order valence-electron chi connectivity index (χ2n) is 20.3. The molecule has 0 unspecified atom stereocenters. The zero-order chi connectivity index (χ0) is 48.9. The second-order valence-corrected chi connectivity index (χ2v) is 25.7. The molecule has 0 fully saturated rings. The number of para-hydroxylation sites is 1. The maximum absolute atomic E-state index is 15.0. The first kappa shape index (κ1) is 53.5. The Morgan fingerprint density at radius 1 is 0.894 bits per heavy atom. The molecule has 0 bridgehead atoms. The van der Waals surface area contributed by atoms with Crippen molar-refractivity contribution >= 4 is 49.0 Å². The van der Waals surface area contributed by atoms with Gasteiger partial charge in [-0.25, -0.2) is 4.79 Å². The van der Waals surface area contributed by atoms with Crippen LogP contribution in [-0.2, 0) is 35.1 Å². The number of nitrogens with one attached hydrogen (secondary N) is 4. The smallest absolute Gasteiger partial charge is 0.407 e. The summed E-state index contributed by atoms with van der Waals surface area (Å²) in [5, 5.41) is 9.90. The molecule has 14 heteroatoms. The van der Waals surface area contributed by atoms with Crippen molar-refractivity contribution in [2.75, 3.05) is 13.6 Å². The summed E-state index contributed by atoms with van der Waals surface area (Å²) in [6, 6.07) is 12.6. The van der Waals surface area contributed by atoms with Crippen LogP contribution in [0.25, 0.3) is 10.9 Å². The Labute approximate surface area is 395 Å². The minimum atomic E-state index is -2.27. The van der Waals surface area contributed by atoms with Gasteiger partial charge in [-0.2, -0.15) is 0 Å². The van der Waals surface area contributed by atoms with E-state index in [9.17, 15) is 24.0 Å². The summed E-state index contributed by atoms with van der Waals surface area (Å²) in [6.45, 7) is 24.8. The second kappa shape index (κ2) is 24.1. The van der Waals surface area contributed by atoms with Gasteiger partial charge in [-0.15, -0.1) is 0 Å². The number of hydrogen-bond donors (Lipinski definition) is 4. The number of rotatable bonds is 13. The lowest BCUT2D eigenvalue weighted by Gasteiger charge is -2.42. The average molecular weight is 930 g/mol. The summed E-state index contributed by atoms with van der Waals surface area (Å²) < 4.78 is 18.3. The normalized spacial score (nSPS) is 22.2. The van der Waals surface area contributed by atoms with Gasteiger partial charge in [0.15, 0.2) is 0 Å². The number of aromatic nitrogens is 1. The number of carbonyl (C=O) groups excluding carboxylic acids is 5. The fourth-order valence-corrected chi connectivity index (χ4v) is 14.7. The summed E-state index contributed by atoms with van der Waals surface area (Å²) in [6.07, 6.45) is 5.97. The zero-order valence-corrected chi connectivity index (χ0v) is 43.0. The molecule has 2 heterocycles. The molecule has 0 saturated heterocycles. The van der Waals surface area contributed by atoms with Crippen LogP contribution in [0.2, 0.25) is 16.6 Å². The highest BCUT2D eigenvalue weighted by Crippen LogP contribution is 2.43. The number of amides is 4. The topological polar surface area (TPSA) is 168 Å². The molecule has 4 rings (SSSR count). The largest absolute Gasteiger partial charge is 0.543 e. The van der Waals surface area contributed by atoms with E-state index in [-0.39, 0.29) is 25.2 Å². The number of allylic oxidation sites excluding steroid dienone is 2. The quantitative estimate of drug-likeness (QED) is 0.0569. The van der Waals surface area contributed by atoms with Crippen molar-refractivity contribution in [3.05, 3.63) is 77.5 Å². The van der Waals surface area contributed by atoms with Crippen LogP contribution in [0.15, 0.2) is 66.4 Å². The Kier molecular flexibility index (Phi) is 19.5. The standard InChI is InChI=1S/C52H79N5O8Si/c1-33(2)66(34(3)4,35(5)6)65-41-26-24-39(25-27-41)45-31-47(58)63-38(9)20-18-19-36(7)29-37(8)48(59)55-44(23-16-17-28-53-51(62)64-52(10,11)12)50(61)57(13)46(49(60)56-45)30-40-32-54-43-22-15-14-21-42(40)43/h14-15,19,21-22,24-27,32-35,37-38,44-46,54H,16-18,20,23,28-31H2,1-13H3,(H,53,62)(H,55,59)(H,56,60)/b36-19+/t37-,38-,44-,45+,46+/m0/s1. The molecule has 5 atom stereocenters. The van der Waals surface area contributed by atoms with Gasteiger partial charge in [0.25, 0.3) is 8.32 Å². The van der Waals surface area contributed by atoms with Gasteiger partial charge >= 0.3 is 12.1 Å². The first-order valence-electron chi connectivity index (χ1n) is 24.1. The molecule has 0 saturated carbocycles. The molecule has 0 aliphatic carbocycles. The predicted molar refractivity (Wildman–Crippen MR) is 265 cm³/mol. The highest BCUT2D eigenvalue weighted by atomic mass is 28.4. The van der Waals surface area contributed by atoms with Crippen molar-refractivity contribution in [3.63, 3.8) is 0 Å². The number of fused-ring (bicyclic) bond motifs is 1. The van der Waals surface area contributed by atoms with Crippen LogP contribution in [0.5, 0.6) is 5.75 Å². The van der Waals surface area contributed by atoms with Crippen LogP contribution < -0.4 is 20.4 Å². The van der Waals surface area contributed by atoms with E-state index >= 15 is 0 Å². The molecule has 0 spiro atoms. The van der Waals surface area contributed by atoms with Crippen LogP contribution in [0.4, 0.5) is 4.79 Å². The lowest BCUT2D eigenvalue weighted by molar-refractivity contribution is -0.149. The zero-order valence-electron chi connectivity index (χ0n) is 42.0. The number of hydrogen-bond acceptors (Lipinski definition) is 8. The minimum Gasteiger partial charge on any atom is -0.543 e. The molecule has 13 nitrogen and oxygen atoms in total. The van der Waals surface area contributed by atoms with Crippen LogP contribution in [0, 0.1) is 5.92 Å². The number of aromatic amines is 1. The molecule has 1 aliphatic heterocycles. The van der Waals surface area contributed by atoms with E-state index in [0.717, 1.165) is 27.8 Å². The number of alkyl carbamates (subject to hydrolysis) is 1. The SMILES string of the molecule is C/C1=C\CC[C@H](C)OC(=O)C[C@H](c2ccc(O[Si](C(C)C)(C(C)C)C(C)C)cc2)NC(=O)[C@@H](Cc2c[nH]c3ccccc23)N(C)C(=O)[C@H](CCCCNC(=O)OC(C)(C)C)NC(=O)[C@@H](C)C1. The van der Waals surface area contributed by atoms with Crippen molar-refractivity contribution in [1.29, 1.82) is 0 Å². The Hall–Kier alpha value is -5.11. The highest BCUT2D eigenvalue weighted by Gasteiger charge is 2.47. The van der Waals surface area contributed by atoms with Gasteiger partial charge in [-0.3, -0.25) is 19.2 Å². The summed E-state index contributed by atoms with van der Waals surface area (Å²) >= 11 is 0. The third-order valence-electron chi connectivity index (χ3n) is 12.9. The van der Waals surface area contributed by atoms with Crippen molar-refractivity contribution in [2.45, 2.75) is 181 Å². The van der Waals surface area contributed by atoms with E-state index in [4.69, 9.17) is 13.9 Å². The number of H-pyrrole nitrogens is 1. The van der Waals surface area contributed by atoms with Gasteiger partial charge in [0.2, 0.25) is 17.7 Å². The molecule has 0 radical (unpaired) electrons. The number of nitrogens with zero attached hydrogens (tertiary/aromatic N) is 1. The molecule has 2 aromatic carbocycles. The molecule has 1 aromatic heterocycles. The molecule has 364 valence electrons. The van der Waals surface area contributed by atoms with Crippen LogP contribution in [-0.4, -0.2) is 85.4 Å². The lowest BCUT2D eigenvalue weighted by atomic mass is 9.98. The number of ether oxygens (including phenoxy) is 2. The predicted octanol–water partition coefficient (Wildman–Crippen LogP) is 10.2. The van der Waals surface area contributed by atoms with E-state index in [1.54, 1.807) is 27.8 Å². The lowest BCUT2D eigenvalue weighted by Crippen LogP contribution is -2.56. The van der Waals surface area contributed by atoms with Crippen LogP contribution in [0.3, 0.4) is 0 Å². The van der Waals surface area contributed by atoms with Crippen molar-refractivity contribution in [2.24, 2.45) is 5.92 Å². The number of carbonyl (C=O) groups is 5. The summed E-state index contributed by atoms with van der Waals surface area (Å²) in [4.78, 5) is 74.6. The Morgan fingerprint density at radius 2 is 1.55 bits per heavy atom. The average Bonchev–Trinajstić information content (AvgIpc) is 3.64. The van der Waals surface area contributed by atoms with E-state index in [1.165, 1.54) is 4.90 Å². The molecular formula is C52H79N5O8Si. The summed E-state index contributed by atoms with van der Waals surface area (Å²) in [7, 11) is -0.681. The number of esters is 1. The van der Waals surface area contributed by atoms with Gasteiger partial charge in [-0.05, 0) is 119 Å². The van der Waals surface area contributed by atoms with Crippen LogP contribution >= 0.6 is 0 Å².